The molecule has 1 aromatic rings. The van der Waals surface area contributed by atoms with Crippen molar-refractivity contribution in [2.75, 3.05) is 19.6 Å². The third-order valence-electron chi connectivity index (χ3n) is 3.57. The molecule has 0 spiro atoms. The van der Waals surface area contributed by atoms with Crippen LogP contribution in [-0.2, 0) is 0 Å². The lowest BCUT2D eigenvalue weighted by molar-refractivity contribution is 0.00920. The number of hydrogen-bond acceptors (Lipinski definition) is 3. The zero-order valence-electron chi connectivity index (χ0n) is 10.4. The Morgan fingerprint density at radius 1 is 1.29 bits per heavy atom. The first kappa shape index (κ1) is 12.6. The summed E-state index contributed by atoms with van der Waals surface area (Å²) in [6.07, 6.45) is 1.67. The molecule has 1 aliphatic rings. The standard InChI is InChI=1S/C14H22N2O/c1-12(13-5-3-2-4-6-13)16-11-14(17)7-9-15-10-8-14/h2-6,12,15-17H,7-11H2,1H3/t12-/m0/s1. The molecule has 3 nitrogen and oxygen atoms in total. The minimum absolute atomic E-state index is 0.287. The minimum Gasteiger partial charge on any atom is -0.388 e. The van der Waals surface area contributed by atoms with Crippen LogP contribution in [-0.4, -0.2) is 30.3 Å². The fourth-order valence-electron chi connectivity index (χ4n) is 2.27. The topological polar surface area (TPSA) is 44.3 Å². The minimum atomic E-state index is -0.533. The van der Waals surface area contributed by atoms with E-state index in [2.05, 4.69) is 29.7 Å². The zero-order chi connectivity index (χ0) is 12.1. The molecular formula is C14H22N2O. The van der Waals surface area contributed by atoms with Gasteiger partial charge in [0.2, 0.25) is 0 Å². The summed E-state index contributed by atoms with van der Waals surface area (Å²) in [7, 11) is 0. The van der Waals surface area contributed by atoms with Gasteiger partial charge in [-0.25, -0.2) is 0 Å². The molecule has 3 N–H and O–H groups in total. The maximum absolute atomic E-state index is 10.4. The van der Waals surface area contributed by atoms with E-state index in [1.54, 1.807) is 0 Å². The van der Waals surface area contributed by atoms with Crippen molar-refractivity contribution in [3.05, 3.63) is 35.9 Å². The normalized spacial score (nSPS) is 21.1. The molecule has 0 saturated carbocycles. The molecule has 1 aliphatic heterocycles. The summed E-state index contributed by atoms with van der Waals surface area (Å²) in [6.45, 7) is 4.64. The monoisotopic (exact) mass is 234 g/mol. The van der Waals surface area contributed by atoms with Crippen LogP contribution in [0.4, 0.5) is 0 Å². The van der Waals surface area contributed by atoms with Crippen LogP contribution in [0.5, 0.6) is 0 Å². The van der Waals surface area contributed by atoms with E-state index in [4.69, 9.17) is 0 Å². The summed E-state index contributed by atoms with van der Waals surface area (Å²) >= 11 is 0. The Morgan fingerprint density at radius 3 is 2.59 bits per heavy atom. The van der Waals surface area contributed by atoms with Crippen LogP contribution in [0.3, 0.4) is 0 Å². The van der Waals surface area contributed by atoms with E-state index in [0.29, 0.717) is 6.54 Å². The van der Waals surface area contributed by atoms with Gasteiger partial charge in [-0.15, -0.1) is 0 Å². The molecule has 1 heterocycles. The van der Waals surface area contributed by atoms with Crippen molar-refractivity contribution >= 4 is 0 Å². The highest BCUT2D eigenvalue weighted by Crippen LogP contribution is 2.19. The summed E-state index contributed by atoms with van der Waals surface area (Å²) < 4.78 is 0. The van der Waals surface area contributed by atoms with Crippen LogP contribution in [0.15, 0.2) is 30.3 Å². The van der Waals surface area contributed by atoms with E-state index in [9.17, 15) is 5.11 Å². The van der Waals surface area contributed by atoms with Crippen molar-refractivity contribution in [3.63, 3.8) is 0 Å². The lowest BCUT2D eigenvalue weighted by Crippen LogP contribution is -2.48. The first-order valence-corrected chi connectivity index (χ1v) is 6.41. The molecule has 2 rings (SSSR count). The Balaban J connectivity index is 1.85. The van der Waals surface area contributed by atoms with Crippen LogP contribution >= 0.6 is 0 Å². The Hall–Kier alpha value is -0.900. The Bertz CT molecular complexity index is 333. The van der Waals surface area contributed by atoms with Gasteiger partial charge in [-0.3, -0.25) is 0 Å². The number of benzene rings is 1. The van der Waals surface area contributed by atoms with Crippen LogP contribution in [0.25, 0.3) is 0 Å². The molecule has 94 valence electrons. The van der Waals surface area contributed by atoms with Gasteiger partial charge < -0.3 is 15.7 Å². The summed E-state index contributed by atoms with van der Waals surface area (Å²) in [4.78, 5) is 0. The molecule has 1 aromatic carbocycles. The van der Waals surface area contributed by atoms with Crippen molar-refractivity contribution in [1.29, 1.82) is 0 Å². The molecule has 0 aliphatic carbocycles. The fraction of sp³-hybridized carbons (Fsp3) is 0.571. The van der Waals surface area contributed by atoms with E-state index >= 15 is 0 Å². The van der Waals surface area contributed by atoms with Gasteiger partial charge in [0.15, 0.2) is 0 Å². The van der Waals surface area contributed by atoms with E-state index in [-0.39, 0.29) is 6.04 Å². The highest BCUT2D eigenvalue weighted by Gasteiger charge is 2.29. The third-order valence-corrected chi connectivity index (χ3v) is 3.57. The molecule has 1 atom stereocenters. The average molecular weight is 234 g/mol. The maximum atomic E-state index is 10.4. The van der Waals surface area contributed by atoms with E-state index in [1.807, 2.05) is 18.2 Å². The van der Waals surface area contributed by atoms with Crippen molar-refractivity contribution in [2.24, 2.45) is 0 Å². The maximum Gasteiger partial charge on any atom is 0.0795 e. The highest BCUT2D eigenvalue weighted by atomic mass is 16.3. The van der Waals surface area contributed by atoms with Gasteiger partial charge >= 0.3 is 0 Å². The highest BCUT2D eigenvalue weighted by molar-refractivity contribution is 5.18. The summed E-state index contributed by atoms with van der Waals surface area (Å²) in [5, 5.41) is 17.1. The van der Waals surface area contributed by atoms with Crippen molar-refractivity contribution in [2.45, 2.75) is 31.4 Å². The first-order chi connectivity index (χ1) is 8.20. The molecule has 1 saturated heterocycles. The predicted molar refractivity (Wildman–Crippen MR) is 69.9 cm³/mol. The Morgan fingerprint density at radius 2 is 1.94 bits per heavy atom. The largest absolute Gasteiger partial charge is 0.388 e. The second kappa shape index (κ2) is 5.63. The first-order valence-electron chi connectivity index (χ1n) is 6.41. The third kappa shape index (κ3) is 3.53. The second-order valence-electron chi connectivity index (χ2n) is 4.99. The van der Waals surface area contributed by atoms with Gasteiger partial charge in [-0.2, -0.15) is 0 Å². The van der Waals surface area contributed by atoms with E-state index in [0.717, 1.165) is 25.9 Å². The summed E-state index contributed by atoms with van der Waals surface area (Å²) in [5.41, 5.74) is 0.735. The lowest BCUT2D eigenvalue weighted by Gasteiger charge is -2.33. The molecule has 1 fully saturated rings. The molecule has 0 unspecified atom stereocenters. The summed E-state index contributed by atoms with van der Waals surface area (Å²) in [6, 6.07) is 10.6. The van der Waals surface area contributed by atoms with Gasteiger partial charge in [0, 0.05) is 12.6 Å². The quantitative estimate of drug-likeness (QED) is 0.739. The zero-order valence-corrected chi connectivity index (χ0v) is 10.4. The predicted octanol–water partition coefficient (Wildman–Crippen LogP) is 1.45. The van der Waals surface area contributed by atoms with Crippen molar-refractivity contribution in [1.82, 2.24) is 10.6 Å². The van der Waals surface area contributed by atoms with Crippen LogP contribution in [0.2, 0.25) is 0 Å². The number of rotatable bonds is 4. The average Bonchev–Trinajstić information content (AvgIpc) is 2.38. The number of nitrogens with one attached hydrogen (secondary N) is 2. The Kier molecular flexibility index (Phi) is 4.15. The molecule has 0 amide bonds. The van der Waals surface area contributed by atoms with Crippen LogP contribution < -0.4 is 10.6 Å². The number of hydrogen-bond donors (Lipinski definition) is 3. The molecule has 0 aromatic heterocycles. The van der Waals surface area contributed by atoms with Crippen molar-refractivity contribution < 1.29 is 5.11 Å². The van der Waals surface area contributed by atoms with E-state index < -0.39 is 5.60 Å². The summed E-state index contributed by atoms with van der Waals surface area (Å²) in [5.74, 6) is 0. The molecule has 3 heteroatoms. The second-order valence-corrected chi connectivity index (χ2v) is 4.99. The van der Waals surface area contributed by atoms with Gasteiger partial charge in [0.1, 0.15) is 0 Å². The van der Waals surface area contributed by atoms with Gasteiger partial charge in [0.05, 0.1) is 5.60 Å². The smallest absolute Gasteiger partial charge is 0.0795 e. The molecular weight excluding hydrogens is 212 g/mol. The van der Waals surface area contributed by atoms with Gasteiger partial charge in [-0.1, -0.05) is 30.3 Å². The SMILES string of the molecule is C[C@H](NCC1(O)CCNCC1)c1ccccc1. The molecule has 0 radical (unpaired) electrons. The Labute approximate surface area is 103 Å². The lowest BCUT2D eigenvalue weighted by atomic mass is 9.92. The van der Waals surface area contributed by atoms with E-state index in [1.165, 1.54) is 5.56 Å². The van der Waals surface area contributed by atoms with Gasteiger partial charge in [-0.05, 0) is 38.4 Å². The van der Waals surface area contributed by atoms with Crippen molar-refractivity contribution in [3.8, 4) is 0 Å². The molecule has 0 bridgehead atoms. The fourth-order valence-corrected chi connectivity index (χ4v) is 2.27. The molecule has 17 heavy (non-hydrogen) atoms. The van der Waals surface area contributed by atoms with Crippen LogP contribution in [0, 0.1) is 0 Å². The number of piperidine rings is 1. The van der Waals surface area contributed by atoms with Gasteiger partial charge in [0.25, 0.3) is 0 Å². The van der Waals surface area contributed by atoms with Crippen LogP contribution in [0.1, 0.15) is 31.4 Å². The number of aliphatic hydroxyl groups is 1.